The molecule has 7 rings (SSSR count). The van der Waals surface area contributed by atoms with Gasteiger partial charge in [-0.2, -0.15) is 18.6 Å². The first-order valence-corrected chi connectivity index (χ1v) is 15.7. The Kier molecular flexibility index (Phi) is 10.5. The fourth-order valence-electron chi connectivity index (χ4n) is 5.91. The van der Waals surface area contributed by atoms with Gasteiger partial charge in [0.25, 0.3) is 0 Å². The van der Waals surface area contributed by atoms with Crippen LogP contribution < -0.4 is 0 Å². The SMILES string of the molecule is Cc1ccc(-c2[c-]cc3c4ccccc4n(CC(C)C)c3c2)nc1.[CH2-]c1ccccc1-c1cc(CC)c(-c2ccccc2)cn1.[Ir]. The van der Waals surface area contributed by atoms with Crippen molar-refractivity contribution in [3.05, 3.63) is 151 Å². The summed E-state index contributed by atoms with van der Waals surface area (Å²) in [4.78, 5) is 9.21. The summed E-state index contributed by atoms with van der Waals surface area (Å²) in [5.74, 6) is 0.592. The molecular weight excluding hydrogens is 739 g/mol. The molecule has 0 fully saturated rings. The van der Waals surface area contributed by atoms with Crippen LogP contribution in [0, 0.1) is 25.8 Å². The molecule has 4 aromatic carbocycles. The summed E-state index contributed by atoms with van der Waals surface area (Å²) in [6.45, 7) is 13.9. The van der Waals surface area contributed by atoms with Crippen molar-refractivity contribution in [3.8, 4) is 33.6 Å². The Morgan fingerprint density at radius 3 is 2.17 bits per heavy atom. The van der Waals surface area contributed by atoms with Crippen molar-refractivity contribution in [1.29, 1.82) is 0 Å². The maximum Gasteiger partial charge on any atom is 0.0383 e. The van der Waals surface area contributed by atoms with Crippen LogP contribution >= 0.6 is 0 Å². The fraction of sp³-hybridized carbons (Fsp3) is 0.167. The standard InChI is InChI=1S/C22H21N2.C20H18N.Ir/c1-15(2)14-24-21-7-5-4-6-18(21)19-10-9-17(12-22(19)24)20-11-8-16(3)13-23-20;1-3-16-13-20(18-12-8-7-9-15(18)2)21-14-19(16)17-10-5-4-6-11-17;/h4-8,10-13,15H,14H2,1-3H3;4-14H,2-3H2,1H3;/q2*-1;. The number of para-hydroxylation sites is 1. The Balaban J connectivity index is 0.000000179. The number of aromatic nitrogens is 3. The summed E-state index contributed by atoms with van der Waals surface area (Å²) in [5, 5.41) is 2.56. The summed E-state index contributed by atoms with van der Waals surface area (Å²) in [5.41, 5.74) is 12.6. The summed E-state index contributed by atoms with van der Waals surface area (Å²) in [7, 11) is 0. The molecule has 3 aromatic heterocycles. The average Bonchev–Trinajstić information content (AvgIpc) is 3.38. The van der Waals surface area contributed by atoms with Gasteiger partial charge in [-0.3, -0.25) is 4.98 Å². The molecule has 233 valence electrons. The van der Waals surface area contributed by atoms with Crippen LogP contribution in [0.3, 0.4) is 0 Å². The van der Waals surface area contributed by atoms with E-state index in [2.05, 4.69) is 140 Å². The molecule has 0 atom stereocenters. The van der Waals surface area contributed by atoms with Crippen molar-refractivity contribution in [2.75, 3.05) is 0 Å². The summed E-state index contributed by atoms with van der Waals surface area (Å²) >= 11 is 0. The Hall–Kier alpha value is -4.50. The molecule has 0 bridgehead atoms. The topological polar surface area (TPSA) is 30.7 Å². The molecule has 0 spiro atoms. The van der Waals surface area contributed by atoms with E-state index in [0.29, 0.717) is 5.92 Å². The van der Waals surface area contributed by atoms with E-state index >= 15 is 0 Å². The van der Waals surface area contributed by atoms with Gasteiger partial charge in [-0.05, 0) is 64.7 Å². The van der Waals surface area contributed by atoms with Gasteiger partial charge in [-0.15, -0.1) is 41.5 Å². The van der Waals surface area contributed by atoms with E-state index in [0.717, 1.165) is 41.0 Å². The number of hydrogen-bond donors (Lipinski definition) is 0. The zero-order valence-electron chi connectivity index (χ0n) is 26.9. The van der Waals surface area contributed by atoms with Crippen molar-refractivity contribution in [1.82, 2.24) is 14.5 Å². The molecule has 0 aliphatic carbocycles. The third-order valence-corrected chi connectivity index (χ3v) is 8.19. The Bertz CT molecular complexity index is 2060. The second-order valence-corrected chi connectivity index (χ2v) is 12.0. The van der Waals surface area contributed by atoms with Gasteiger partial charge >= 0.3 is 0 Å². The molecule has 4 heteroatoms. The van der Waals surface area contributed by atoms with Crippen LogP contribution in [0.5, 0.6) is 0 Å². The van der Waals surface area contributed by atoms with Crippen LogP contribution in [0.15, 0.2) is 122 Å². The van der Waals surface area contributed by atoms with Gasteiger partial charge in [0.1, 0.15) is 0 Å². The minimum atomic E-state index is 0. The van der Waals surface area contributed by atoms with Crippen LogP contribution in [0.1, 0.15) is 37.5 Å². The average molecular weight is 778 g/mol. The van der Waals surface area contributed by atoms with Gasteiger partial charge in [0, 0.05) is 55.8 Å². The van der Waals surface area contributed by atoms with Gasteiger partial charge in [0.15, 0.2) is 0 Å². The van der Waals surface area contributed by atoms with E-state index in [-0.39, 0.29) is 20.1 Å². The third-order valence-electron chi connectivity index (χ3n) is 8.19. The van der Waals surface area contributed by atoms with E-state index in [9.17, 15) is 0 Å². The number of fused-ring (bicyclic) bond motifs is 3. The normalized spacial score (nSPS) is 10.9. The molecule has 1 radical (unpaired) electrons. The Labute approximate surface area is 286 Å². The minimum Gasteiger partial charge on any atom is -0.358 e. The fourth-order valence-corrected chi connectivity index (χ4v) is 5.91. The molecule has 0 saturated heterocycles. The largest absolute Gasteiger partial charge is 0.358 e. The van der Waals surface area contributed by atoms with Gasteiger partial charge in [0.05, 0.1) is 0 Å². The van der Waals surface area contributed by atoms with Gasteiger partial charge in [-0.25, -0.2) is 0 Å². The minimum absolute atomic E-state index is 0. The van der Waals surface area contributed by atoms with Gasteiger partial charge < -0.3 is 9.55 Å². The predicted octanol–water partition coefficient (Wildman–Crippen LogP) is 10.8. The maximum atomic E-state index is 4.65. The first kappa shape index (κ1) is 32.9. The zero-order valence-corrected chi connectivity index (χ0v) is 29.3. The number of nitrogens with zero attached hydrogens (tertiary/aromatic N) is 3. The Morgan fingerprint density at radius 1 is 0.739 bits per heavy atom. The molecule has 0 amide bonds. The van der Waals surface area contributed by atoms with Crippen LogP contribution in [0.25, 0.3) is 55.4 Å². The van der Waals surface area contributed by atoms with E-state index in [1.54, 1.807) is 0 Å². The van der Waals surface area contributed by atoms with Crippen molar-refractivity contribution in [2.45, 2.75) is 40.7 Å². The summed E-state index contributed by atoms with van der Waals surface area (Å²) in [6, 6.07) is 41.3. The van der Waals surface area contributed by atoms with Crippen LogP contribution in [0.2, 0.25) is 0 Å². The van der Waals surface area contributed by atoms with Crippen LogP contribution in [0.4, 0.5) is 0 Å². The monoisotopic (exact) mass is 778 g/mol. The Morgan fingerprint density at radius 2 is 1.46 bits per heavy atom. The number of rotatable bonds is 6. The molecule has 0 saturated carbocycles. The molecule has 46 heavy (non-hydrogen) atoms. The number of aryl methyl sites for hydroxylation is 2. The van der Waals surface area contributed by atoms with E-state index < -0.39 is 0 Å². The molecule has 3 heterocycles. The van der Waals surface area contributed by atoms with Gasteiger partial charge in [0.2, 0.25) is 0 Å². The smallest absolute Gasteiger partial charge is 0.0383 e. The predicted molar refractivity (Wildman–Crippen MR) is 190 cm³/mol. The van der Waals surface area contributed by atoms with Crippen molar-refractivity contribution in [2.24, 2.45) is 5.92 Å². The van der Waals surface area contributed by atoms with Crippen molar-refractivity contribution in [3.63, 3.8) is 0 Å². The second kappa shape index (κ2) is 14.7. The first-order chi connectivity index (χ1) is 21.9. The van der Waals surface area contributed by atoms with E-state index in [4.69, 9.17) is 0 Å². The zero-order chi connectivity index (χ0) is 31.3. The molecule has 0 aliphatic heterocycles. The van der Waals surface area contributed by atoms with Crippen LogP contribution in [-0.4, -0.2) is 14.5 Å². The summed E-state index contributed by atoms with van der Waals surface area (Å²) < 4.78 is 2.43. The van der Waals surface area contributed by atoms with Crippen LogP contribution in [-0.2, 0) is 33.1 Å². The van der Waals surface area contributed by atoms with E-state index in [1.165, 1.54) is 44.1 Å². The quantitative estimate of drug-likeness (QED) is 0.158. The molecule has 3 nitrogen and oxygen atoms in total. The first-order valence-electron chi connectivity index (χ1n) is 15.7. The molecule has 7 aromatic rings. The number of benzene rings is 4. The molecule has 0 aliphatic rings. The molecule has 0 N–H and O–H groups in total. The second-order valence-electron chi connectivity index (χ2n) is 12.0. The van der Waals surface area contributed by atoms with Crippen molar-refractivity contribution < 1.29 is 20.1 Å². The van der Waals surface area contributed by atoms with E-state index in [1.807, 2.05) is 36.7 Å². The maximum absolute atomic E-state index is 4.65. The van der Waals surface area contributed by atoms with Gasteiger partial charge in [-0.1, -0.05) is 92.9 Å². The molecule has 0 unspecified atom stereocenters. The summed E-state index contributed by atoms with van der Waals surface area (Å²) in [6.07, 6.45) is 4.88. The van der Waals surface area contributed by atoms with Crippen molar-refractivity contribution >= 4 is 21.8 Å². The number of pyridine rings is 2. The molecular formula is C42H39IrN3-2. The third kappa shape index (κ3) is 6.99. The number of hydrogen-bond acceptors (Lipinski definition) is 2.